The van der Waals surface area contributed by atoms with Gasteiger partial charge in [0.15, 0.2) is 0 Å². The smallest absolute Gasteiger partial charge is 0.387 e. The molecule has 1 unspecified atom stereocenters. The molecule has 1 aromatic heterocycles. The van der Waals surface area contributed by atoms with Gasteiger partial charge < -0.3 is 15.4 Å². The lowest BCUT2D eigenvalue weighted by atomic mass is 9.91. The normalized spacial score (nSPS) is 16.1. The van der Waals surface area contributed by atoms with Crippen molar-refractivity contribution in [1.82, 2.24) is 4.90 Å². The van der Waals surface area contributed by atoms with Crippen LogP contribution in [0.5, 0.6) is 5.75 Å². The van der Waals surface area contributed by atoms with Gasteiger partial charge in [0, 0.05) is 24.0 Å². The molecule has 1 amide bonds. The Morgan fingerprint density at radius 2 is 1.81 bits per heavy atom. The number of likely N-dealkylation sites (tertiary alicyclic amines) is 1. The third-order valence-corrected chi connectivity index (χ3v) is 5.87. The van der Waals surface area contributed by atoms with Crippen LogP contribution < -0.4 is 10.5 Å². The molecule has 1 fully saturated rings. The fourth-order valence-electron chi connectivity index (χ4n) is 3.19. The lowest BCUT2D eigenvalue weighted by Crippen LogP contribution is -2.42. The monoisotopic (exact) mass is 416 g/mol. The number of benzene rings is 1. The van der Waals surface area contributed by atoms with Crippen molar-refractivity contribution in [1.29, 1.82) is 0 Å². The highest BCUT2D eigenvalue weighted by Gasteiger charge is 2.26. The highest BCUT2D eigenvalue weighted by atomic mass is 35.5. The van der Waals surface area contributed by atoms with Gasteiger partial charge in [0.2, 0.25) is 0 Å². The average Bonchev–Trinajstić information content (AvgIpc) is 3.11. The Kier molecular flexibility index (Phi) is 7.59. The van der Waals surface area contributed by atoms with E-state index in [2.05, 4.69) is 4.74 Å². The van der Waals surface area contributed by atoms with E-state index in [0.717, 1.165) is 36.4 Å². The SMILES string of the molecule is CC(N)C1CCN(C(=O)c2ccc(-c3ccc(OC(F)F)cc3)s2)CC1.Cl. The maximum absolute atomic E-state index is 12.7. The van der Waals surface area contributed by atoms with Gasteiger partial charge in [0.25, 0.3) is 5.91 Å². The number of ether oxygens (including phenoxy) is 1. The summed E-state index contributed by atoms with van der Waals surface area (Å²) in [4.78, 5) is 16.2. The van der Waals surface area contributed by atoms with E-state index in [4.69, 9.17) is 5.73 Å². The Balaban J connectivity index is 0.00000261. The molecule has 27 heavy (non-hydrogen) atoms. The van der Waals surface area contributed by atoms with Crippen LogP contribution in [0.25, 0.3) is 10.4 Å². The Bertz CT molecular complexity index is 744. The number of amides is 1. The van der Waals surface area contributed by atoms with E-state index in [-0.39, 0.29) is 30.1 Å². The molecule has 1 aromatic carbocycles. The zero-order valence-electron chi connectivity index (χ0n) is 14.9. The number of piperidine rings is 1. The van der Waals surface area contributed by atoms with Crippen molar-refractivity contribution in [2.24, 2.45) is 11.7 Å². The maximum Gasteiger partial charge on any atom is 0.387 e. The van der Waals surface area contributed by atoms with Gasteiger partial charge in [0.1, 0.15) is 5.75 Å². The lowest BCUT2D eigenvalue weighted by Gasteiger charge is -2.33. The van der Waals surface area contributed by atoms with Crippen molar-refractivity contribution in [3.8, 4) is 16.2 Å². The van der Waals surface area contributed by atoms with Crippen molar-refractivity contribution in [2.45, 2.75) is 32.4 Å². The standard InChI is InChI=1S/C19H22F2N2O2S.ClH/c1-12(22)13-8-10-23(11-9-13)18(24)17-7-6-16(26-17)14-2-4-15(5-3-14)25-19(20)21;/h2-7,12-13,19H,8-11,22H2,1H3;1H. The van der Waals surface area contributed by atoms with E-state index in [0.29, 0.717) is 10.8 Å². The quantitative estimate of drug-likeness (QED) is 0.772. The summed E-state index contributed by atoms with van der Waals surface area (Å²) in [5, 5.41) is 0. The van der Waals surface area contributed by atoms with Crippen LogP contribution in [0.15, 0.2) is 36.4 Å². The van der Waals surface area contributed by atoms with Crippen LogP contribution in [0.4, 0.5) is 8.78 Å². The number of alkyl halides is 2. The van der Waals surface area contributed by atoms with Gasteiger partial charge in [-0.05, 0) is 67.6 Å². The van der Waals surface area contributed by atoms with Crippen molar-refractivity contribution < 1.29 is 18.3 Å². The van der Waals surface area contributed by atoms with E-state index < -0.39 is 6.61 Å². The topological polar surface area (TPSA) is 55.6 Å². The number of halogens is 3. The predicted octanol–water partition coefficient (Wildman–Crippen LogP) is 4.64. The van der Waals surface area contributed by atoms with Gasteiger partial charge in [-0.3, -0.25) is 4.79 Å². The number of rotatable bonds is 5. The molecule has 0 saturated carbocycles. The molecule has 1 aliphatic rings. The molecule has 1 atom stereocenters. The number of nitrogens with two attached hydrogens (primary N) is 1. The zero-order chi connectivity index (χ0) is 18.7. The highest BCUT2D eigenvalue weighted by Crippen LogP contribution is 2.31. The van der Waals surface area contributed by atoms with E-state index in [1.54, 1.807) is 12.1 Å². The third kappa shape index (κ3) is 5.40. The van der Waals surface area contributed by atoms with Crippen LogP contribution in [0.1, 0.15) is 29.4 Å². The third-order valence-electron chi connectivity index (χ3n) is 4.75. The first-order chi connectivity index (χ1) is 12.4. The highest BCUT2D eigenvalue weighted by molar-refractivity contribution is 7.17. The van der Waals surface area contributed by atoms with E-state index in [1.807, 2.05) is 24.0 Å². The number of carbonyl (C=O) groups is 1. The number of hydrogen-bond acceptors (Lipinski definition) is 4. The minimum atomic E-state index is -2.83. The van der Waals surface area contributed by atoms with Crippen LogP contribution in [-0.4, -0.2) is 36.5 Å². The van der Waals surface area contributed by atoms with E-state index in [1.165, 1.54) is 23.5 Å². The Morgan fingerprint density at radius 1 is 1.19 bits per heavy atom. The van der Waals surface area contributed by atoms with Crippen molar-refractivity contribution in [3.63, 3.8) is 0 Å². The predicted molar refractivity (Wildman–Crippen MR) is 106 cm³/mol. The van der Waals surface area contributed by atoms with Gasteiger partial charge in [-0.2, -0.15) is 8.78 Å². The summed E-state index contributed by atoms with van der Waals surface area (Å²) in [7, 11) is 0. The van der Waals surface area contributed by atoms with Crippen LogP contribution >= 0.6 is 23.7 Å². The van der Waals surface area contributed by atoms with Crippen LogP contribution in [-0.2, 0) is 0 Å². The first-order valence-corrected chi connectivity index (χ1v) is 9.45. The summed E-state index contributed by atoms with van der Waals surface area (Å²) < 4.78 is 28.8. The van der Waals surface area contributed by atoms with Gasteiger partial charge >= 0.3 is 6.61 Å². The van der Waals surface area contributed by atoms with Gasteiger partial charge in [-0.1, -0.05) is 0 Å². The fourth-order valence-corrected chi connectivity index (χ4v) is 4.17. The van der Waals surface area contributed by atoms with Crippen molar-refractivity contribution >= 4 is 29.7 Å². The summed E-state index contributed by atoms with van der Waals surface area (Å²) >= 11 is 1.41. The molecule has 2 N–H and O–H groups in total. The zero-order valence-corrected chi connectivity index (χ0v) is 16.6. The molecule has 4 nitrogen and oxygen atoms in total. The number of carbonyl (C=O) groups excluding carboxylic acids is 1. The second-order valence-electron chi connectivity index (χ2n) is 6.56. The minimum Gasteiger partial charge on any atom is -0.435 e. The number of hydrogen-bond donors (Lipinski definition) is 1. The molecule has 8 heteroatoms. The maximum atomic E-state index is 12.7. The summed E-state index contributed by atoms with van der Waals surface area (Å²) in [6.45, 7) is 0.652. The lowest BCUT2D eigenvalue weighted by molar-refractivity contribution is -0.0498. The van der Waals surface area contributed by atoms with Gasteiger partial charge in [-0.25, -0.2) is 0 Å². The van der Waals surface area contributed by atoms with Crippen LogP contribution in [0, 0.1) is 5.92 Å². The minimum absolute atomic E-state index is 0. The van der Waals surface area contributed by atoms with Gasteiger partial charge in [0.05, 0.1) is 4.88 Å². The van der Waals surface area contributed by atoms with Crippen molar-refractivity contribution in [2.75, 3.05) is 13.1 Å². The molecule has 2 aromatic rings. The van der Waals surface area contributed by atoms with Gasteiger partial charge in [-0.15, -0.1) is 23.7 Å². The molecule has 1 aliphatic heterocycles. The Morgan fingerprint density at radius 3 is 2.37 bits per heavy atom. The number of nitrogens with zero attached hydrogens (tertiary/aromatic N) is 1. The molecular weight excluding hydrogens is 394 g/mol. The second kappa shape index (κ2) is 9.48. The number of thiophene rings is 1. The summed E-state index contributed by atoms with van der Waals surface area (Å²) in [5.41, 5.74) is 6.82. The molecule has 2 heterocycles. The van der Waals surface area contributed by atoms with Crippen LogP contribution in [0.2, 0.25) is 0 Å². The van der Waals surface area contributed by atoms with Crippen LogP contribution in [0.3, 0.4) is 0 Å². The van der Waals surface area contributed by atoms with Crippen molar-refractivity contribution in [3.05, 3.63) is 41.3 Å². The molecule has 1 saturated heterocycles. The molecule has 3 rings (SSSR count). The Labute approximate surface area is 167 Å². The summed E-state index contributed by atoms with van der Waals surface area (Å²) in [6.07, 6.45) is 1.88. The molecule has 0 bridgehead atoms. The second-order valence-corrected chi connectivity index (χ2v) is 7.64. The molecule has 0 aliphatic carbocycles. The summed E-state index contributed by atoms with van der Waals surface area (Å²) in [5.74, 6) is 0.641. The fraction of sp³-hybridized carbons (Fsp3) is 0.421. The first-order valence-electron chi connectivity index (χ1n) is 8.64. The molecule has 0 radical (unpaired) electrons. The summed E-state index contributed by atoms with van der Waals surface area (Å²) in [6, 6.07) is 10.3. The Hall–Kier alpha value is -1.70. The first kappa shape index (κ1) is 21.6. The average molecular weight is 417 g/mol. The molecule has 148 valence electrons. The van der Waals surface area contributed by atoms with E-state index in [9.17, 15) is 13.6 Å². The molecular formula is C19H23ClF2N2O2S. The largest absolute Gasteiger partial charge is 0.435 e. The van der Waals surface area contributed by atoms with E-state index >= 15 is 0 Å². The molecule has 0 spiro atoms.